The number of aromatic nitrogens is 2. The topological polar surface area (TPSA) is 64.3 Å². The number of imidazole rings is 1. The minimum absolute atomic E-state index is 0.0241. The predicted molar refractivity (Wildman–Crippen MR) is 103 cm³/mol. The van der Waals surface area contributed by atoms with Gasteiger partial charge in [-0.3, -0.25) is 4.79 Å². The lowest BCUT2D eigenvalue weighted by Gasteiger charge is -2.02. The number of fused-ring (bicyclic) bond motifs is 1. The number of carbonyl (C=O) groups is 1. The molecule has 0 saturated carbocycles. The van der Waals surface area contributed by atoms with E-state index in [2.05, 4.69) is 4.98 Å². The van der Waals surface area contributed by atoms with Gasteiger partial charge in [-0.15, -0.1) is 0 Å². The molecular weight excluding hydrogens is 352 g/mol. The first-order chi connectivity index (χ1) is 12.5. The van der Waals surface area contributed by atoms with Gasteiger partial charge in [-0.1, -0.05) is 23.7 Å². The first kappa shape index (κ1) is 17.8. The van der Waals surface area contributed by atoms with E-state index in [0.29, 0.717) is 22.2 Å². The summed E-state index contributed by atoms with van der Waals surface area (Å²) in [6.07, 6.45) is 6.16. The first-order valence-corrected chi connectivity index (χ1v) is 8.25. The molecule has 0 amide bonds. The van der Waals surface area contributed by atoms with Crippen LogP contribution in [0.15, 0.2) is 48.6 Å². The van der Waals surface area contributed by atoms with Crippen LogP contribution in [-0.2, 0) is 11.8 Å². The Hall–Kier alpha value is -3.05. The van der Waals surface area contributed by atoms with Crippen LogP contribution in [0, 0.1) is 0 Å². The second kappa shape index (κ2) is 7.45. The van der Waals surface area contributed by atoms with Crippen molar-refractivity contribution in [2.75, 3.05) is 7.11 Å². The van der Waals surface area contributed by atoms with Crippen LogP contribution in [-0.4, -0.2) is 27.6 Å². The highest BCUT2D eigenvalue weighted by Crippen LogP contribution is 2.26. The zero-order chi connectivity index (χ0) is 18.7. The first-order valence-electron chi connectivity index (χ1n) is 7.87. The average Bonchev–Trinajstić information content (AvgIpc) is 2.93. The number of ether oxygens (including phenoxy) is 1. The van der Waals surface area contributed by atoms with Gasteiger partial charge < -0.3 is 14.4 Å². The number of benzene rings is 2. The van der Waals surface area contributed by atoms with Crippen molar-refractivity contribution in [3.8, 4) is 11.5 Å². The summed E-state index contributed by atoms with van der Waals surface area (Å²) in [7, 11) is 3.36. The third kappa shape index (κ3) is 3.78. The molecule has 1 aromatic heterocycles. The Balaban J connectivity index is 1.75. The van der Waals surface area contributed by atoms with Gasteiger partial charge >= 0.3 is 0 Å². The van der Waals surface area contributed by atoms with Gasteiger partial charge in [0.1, 0.15) is 5.82 Å². The Kier molecular flexibility index (Phi) is 5.09. The van der Waals surface area contributed by atoms with Gasteiger partial charge in [0.25, 0.3) is 0 Å². The fourth-order valence-electron chi connectivity index (χ4n) is 2.54. The summed E-state index contributed by atoms with van der Waals surface area (Å²) in [6, 6.07) is 10.4. The fourth-order valence-corrected chi connectivity index (χ4v) is 2.71. The van der Waals surface area contributed by atoms with E-state index in [1.807, 2.05) is 17.7 Å². The minimum Gasteiger partial charge on any atom is -0.504 e. The zero-order valence-electron chi connectivity index (χ0n) is 14.3. The number of allylic oxidation sites excluding steroid dienone is 2. The molecule has 0 aliphatic rings. The Morgan fingerprint density at radius 1 is 1.19 bits per heavy atom. The van der Waals surface area contributed by atoms with Gasteiger partial charge in [0, 0.05) is 12.1 Å². The summed E-state index contributed by atoms with van der Waals surface area (Å²) >= 11 is 5.98. The maximum atomic E-state index is 12.1. The van der Waals surface area contributed by atoms with E-state index in [1.165, 1.54) is 25.3 Å². The molecule has 0 atom stereocenters. The molecule has 2 aromatic carbocycles. The maximum Gasteiger partial charge on any atom is 0.178 e. The Morgan fingerprint density at radius 2 is 1.96 bits per heavy atom. The predicted octanol–water partition coefficient (Wildman–Crippen LogP) is 4.24. The van der Waals surface area contributed by atoms with Gasteiger partial charge in [-0.2, -0.15) is 0 Å². The number of hydrogen-bond acceptors (Lipinski definition) is 4. The smallest absolute Gasteiger partial charge is 0.178 e. The number of aromatic hydroxyl groups is 1. The number of phenolic OH excluding ortho intramolecular Hbond substituents is 1. The van der Waals surface area contributed by atoms with Crippen molar-refractivity contribution in [3.05, 3.63) is 65.0 Å². The van der Waals surface area contributed by atoms with Crippen molar-refractivity contribution in [3.63, 3.8) is 0 Å². The average molecular weight is 369 g/mol. The highest BCUT2D eigenvalue weighted by molar-refractivity contribution is 6.31. The number of halogens is 1. The minimum atomic E-state index is -0.189. The monoisotopic (exact) mass is 368 g/mol. The third-order valence-corrected chi connectivity index (χ3v) is 4.15. The zero-order valence-corrected chi connectivity index (χ0v) is 15.1. The molecule has 5 nitrogen and oxygen atoms in total. The highest BCUT2D eigenvalue weighted by Gasteiger charge is 2.06. The number of rotatable bonds is 5. The summed E-state index contributed by atoms with van der Waals surface area (Å²) in [6.45, 7) is 0. The van der Waals surface area contributed by atoms with Crippen molar-refractivity contribution >= 4 is 40.6 Å². The molecule has 0 spiro atoms. The lowest BCUT2D eigenvalue weighted by Crippen LogP contribution is -1.92. The fraction of sp³-hybridized carbons (Fsp3) is 0.100. The van der Waals surface area contributed by atoms with Gasteiger partial charge in [0.05, 0.1) is 18.1 Å². The number of methoxy groups -OCH3 is 1. The quantitative estimate of drug-likeness (QED) is 0.684. The standard InChI is InChI=1S/C20H17ClN2O3/c1-23-17-8-5-14(21)12-16(17)22-20(23)10-7-15(24)6-3-13-4-9-19(26-2)18(25)11-13/h3-12,25H,1-2H3/b6-3+,10-7+. The SMILES string of the molecule is COc1ccc(/C=C/C(=O)/C=C/c2nc3cc(Cl)ccc3n2C)cc1O. The molecule has 3 aromatic rings. The molecule has 0 bridgehead atoms. The van der Waals surface area contributed by atoms with E-state index in [-0.39, 0.29) is 11.5 Å². The molecule has 0 saturated heterocycles. The summed E-state index contributed by atoms with van der Waals surface area (Å²) in [5.74, 6) is 0.878. The second-order valence-corrected chi connectivity index (χ2v) is 6.10. The third-order valence-electron chi connectivity index (χ3n) is 3.92. The van der Waals surface area contributed by atoms with Gasteiger partial charge in [-0.25, -0.2) is 4.98 Å². The number of ketones is 1. The molecule has 1 N–H and O–H groups in total. The molecule has 1 heterocycles. The van der Waals surface area contributed by atoms with E-state index in [1.54, 1.807) is 36.4 Å². The maximum absolute atomic E-state index is 12.1. The van der Waals surface area contributed by atoms with Crippen LogP contribution in [0.3, 0.4) is 0 Å². The molecule has 132 valence electrons. The van der Waals surface area contributed by atoms with Crippen LogP contribution in [0.2, 0.25) is 5.02 Å². The van der Waals surface area contributed by atoms with Crippen molar-refractivity contribution in [2.24, 2.45) is 7.05 Å². The second-order valence-electron chi connectivity index (χ2n) is 5.66. The number of hydrogen-bond donors (Lipinski definition) is 1. The molecule has 0 aliphatic heterocycles. The lowest BCUT2D eigenvalue weighted by atomic mass is 10.1. The summed E-state index contributed by atoms with van der Waals surface area (Å²) in [5, 5.41) is 10.4. The summed E-state index contributed by atoms with van der Waals surface area (Å²) in [4.78, 5) is 16.5. The van der Waals surface area contributed by atoms with Crippen LogP contribution < -0.4 is 4.74 Å². The largest absolute Gasteiger partial charge is 0.504 e. The van der Waals surface area contributed by atoms with Crippen molar-refractivity contribution in [1.82, 2.24) is 9.55 Å². The van der Waals surface area contributed by atoms with Crippen LogP contribution in [0.4, 0.5) is 0 Å². The number of carbonyl (C=O) groups excluding carboxylic acids is 1. The number of aryl methyl sites for hydroxylation is 1. The van der Waals surface area contributed by atoms with E-state index in [0.717, 1.165) is 11.0 Å². The number of nitrogens with zero attached hydrogens (tertiary/aromatic N) is 2. The summed E-state index contributed by atoms with van der Waals surface area (Å²) < 4.78 is 6.88. The molecule has 0 fully saturated rings. The molecule has 0 unspecified atom stereocenters. The van der Waals surface area contributed by atoms with E-state index < -0.39 is 0 Å². The molecule has 6 heteroatoms. The summed E-state index contributed by atoms with van der Waals surface area (Å²) in [5.41, 5.74) is 2.41. The van der Waals surface area contributed by atoms with Crippen LogP contribution in [0.1, 0.15) is 11.4 Å². The van der Waals surface area contributed by atoms with Gasteiger partial charge in [-0.05, 0) is 54.1 Å². The van der Waals surface area contributed by atoms with Crippen LogP contribution in [0.25, 0.3) is 23.2 Å². The van der Waals surface area contributed by atoms with E-state index in [4.69, 9.17) is 16.3 Å². The Labute approximate surface area is 155 Å². The number of phenols is 1. The van der Waals surface area contributed by atoms with Crippen molar-refractivity contribution < 1.29 is 14.6 Å². The van der Waals surface area contributed by atoms with Gasteiger partial charge in [0.15, 0.2) is 17.3 Å². The van der Waals surface area contributed by atoms with Crippen molar-refractivity contribution in [2.45, 2.75) is 0 Å². The molecule has 0 aliphatic carbocycles. The van der Waals surface area contributed by atoms with E-state index >= 15 is 0 Å². The molecular formula is C20H17ClN2O3. The molecule has 3 rings (SSSR count). The van der Waals surface area contributed by atoms with Crippen molar-refractivity contribution in [1.29, 1.82) is 0 Å². The highest BCUT2D eigenvalue weighted by atomic mass is 35.5. The Bertz CT molecular complexity index is 1030. The Morgan fingerprint density at radius 3 is 2.69 bits per heavy atom. The van der Waals surface area contributed by atoms with Gasteiger partial charge in [0.2, 0.25) is 0 Å². The molecule has 0 radical (unpaired) electrons. The van der Waals surface area contributed by atoms with E-state index in [9.17, 15) is 9.90 Å². The lowest BCUT2D eigenvalue weighted by molar-refractivity contribution is -0.110. The van der Waals surface area contributed by atoms with Crippen LogP contribution in [0.5, 0.6) is 11.5 Å². The van der Waals surface area contributed by atoms with Crippen LogP contribution >= 0.6 is 11.6 Å². The molecule has 26 heavy (non-hydrogen) atoms. The normalized spacial score (nSPS) is 11.7.